The molecule has 0 saturated heterocycles. The standard InChI is InChI=1S/C13H10N2O2/c1-15-8-11(9-3-2-5-14-7-9)10-4-6-17-12(10)13(15)16/h2-8H,1H3. The van der Waals surface area contributed by atoms with Gasteiger partial charge < -0.3 is 8.98 Å². The summed E-state index contributed by atoms with van der Waals surface area (Å²) < 4.78 is 6.76. The summed E-state index contributed by atoms with van der Waals surface area (Å²) in [5, 5.41) is 0.820. The monoisotopic (exact) mass is 226 g/mol. The summed E-state index contributed by atoms with van der Waals surface area (Å²) in [6.07, 6.45) is 6.83. The molecule has 0 atom stereocenters. The molecular formula is C13H10N2O2. The molecule has 0 unspecified atom stereocenters. The summed E-state index contributed by atoms with van der Waals surface area (Å²) in [4.78, 5) is 15.9. The third-order valence-electron chi connectivity index (χ3n) is 2.77. The third-order valence-corrected chi connectivity index (χ3v) is 2.77. The molecule has 84 valence electrons. The highest BCUT2D eigenvalue weighted by Crippen LogP contribution is 2.26. The first-order chi connectivity index (χ1) is 8.27. The van der Waals surface area contributed by atoms with Crippen LogP contribution in [-0.2, 0) is 7.05 Å². The van der Waals surface area contributed by atoms with E-state index in [0.29, 0.717) is 5.58 Å². The molecular weight excluding hydrogens is 216 g/mol. The normalized spacial score (nSPS) is 10.9. The maximum absolute atomic E-state index is 11.8. The van der Waals surface area contributed by atoms with Crippen molar-refractivity contribution in [2.24, 2.45) is 7.05 Å². The number of nitrogens with zero attached hydrogens (tertiary/aromatic N) is 2. The second-order valence-electron chi connectivity index (χ2n) is 3.86. The van der Waals surface area contributed by atoms with E-state index in [0.717, 1.165) is 16.5 Å². The largest absolute Gasteiger partial charge is 0.458 e. The zero-order valence-corrected chi connectivity index (χ0v) is 9.25. The predicted molar refractivity (Wildman–Crippen MR) is 64.7 cm³/mol. The first-order valence-corrected chi connectivity index (χ1v) is 5.24. The Balaban J connectivity index is 2.42. The van der Waals surface area contributed by atoms with E-state index in [1.165, 1.54) is 10.8 Å². The Morgan fingerprint density at radius 2 is 2.24 bits per heavy atom. The SMILES string of the molecule is Cn1cc(-c2cccnc2)c2ccoc2c1=O. The molecule has 0 spiro atoms. The number of pyridine rings is 2. The van der Waals surface area contributed by atoms with E-state index in [2.05, 4.69) is 4.98 Å². The molecule has 0 radical (unpaired) electrons. The Labute approximate surface area is 97.1 Å². The van der Waals surface area contributed by atoms with Gasteiger partial charge in [0.15, 0.2) is 5.58 Å². The number of fused-ring (bicyclic) bond motifs is 1. The highest BCUT2D eigenvalue weighted by Gasteiger charge is 2.11. The molecule has 0 aliphatic heterocycles. The first kappa shape index (κ1) is 9.84. The molecule has 3 heterocycles. The van der Waals surface area contributed by atoms with Crippen LogP contribution in [0.2, 0.25) is 0 Å². The van der Waals surface area contributed by atoms with Crippen LogP contribution in [0.4, 0.5) is 0 Å². The molecule has 4 heteroatoms. The van der Waals surface area contributed by atoms with Gasteiger partial charge in [-0.05, 0) is 12.1 Å². The molecule has 0 aliphatic carbocycles. The molecule has 3 aromatic rings. The molecule has 0 N–H and O–H groups in total. The topological polar surface area (TPSA) is 48.0 Å². The Bertz CT molecular complexity index is 726. The van der Waals surface area contributed by atoms with Gasteiger partial charge in [-0.15, -0.1) is 0 Å². The predicted octanol–water partition coefficient (Wildman–Crippen LogP) is 2.19. The maximum atomic E-state index is 11.8. The number of aryl methyl sites for hydroxylation is 1. The summed E-state index contributed by atoms with van der Waals surface area (Å²) in [6, 6.07) is 5.63. The fourth-order valence-electron chi connectivity index (χ4n) is 1.92. The minimum absolute atomic E-state index is 0.127. The van der Waals surface area contributed by atoms with Crippen molar-refractivity contribution in [3.8, 4) is 11.1 Å². The van der Waals surface area contributed by atoms with E-state index >= 15 is 0 Å². The van der Waals surface area contributed by atoms with Gasteiger partial charge in [0.1, 0.15) is 0 Å². The van der Waals surface area contributed by atoms with Crippen LogP contribution in [0, 0.1) is 0 Å². The van der Waals surface area contributed by atoms with E-state index < -0.39 is 0 Å². The first-order valence-electron chi connectivity index (χ1n) is 5.24. The van der Waals surface area contributed by atoms with Crippen LogP contribution in [0.5, 0.6) is 0 Å². The second-order valence-corrected chi connectivity index (χ2v) is 3.86. The van der Waals surface area contributed by atoms with Gasteiger partial charge in [-0.1, -0.05) is 6.07 Å². The van der Waals surface area contributed by atoms with Crippen molar-refractivity contribution in [2.75, 3.05) is 0 Å². The Morgan fingerprint density at radius 3 is 3.00 bits per heavy atom. The van der Waals surface area contributed by atoms with E-state index in [1.54, 1.807) is 31.7 Å². The van der Waals surface area contributed by atoms with Crippen molar-refractivity contribution < 1.29 is 4.42 Å². The Morgan fingerprint density at radius 1 is 1.35 bits per heavy atom. The van der Waals surface area contributed by atoms with Gasteiger partial charge in [0, 0.05) is 42.2 Å². The van der Waals surface area contributed by atoms with Crippen molar-refractivity contribution in [2.45, 2.75) is 0 Å². The average Bonchev–Trinajstić information content (AvgIpc) is 2.84. The zero-order chi connectivity index (χ0) is 11.8. The number of aromatic nitrogens is 2. The lowest BCUT2D eigenvalue weighted by molar-refractivity contribution is 0.605. The molecule has 3 rings (SSSR count). The fourth-order valence-corrected chi connectivity index (χ4v) is 1.92. The van der Waals surface area contributed by atoms with Crippen LogP contribution in [0.15, 0.2) is 52.3 Å². The summed E-state index contributed by atoms with van der Waals surface area (Å²) in [7, 11) is 1.71. The third kappa shape index (κ3) is 1.45. The fraction of sp³-hybridized carbons (Fsp3) is 0.0769. The molecule has 0 bridgehead atoms. The van der Waals surface area contributed by atoms with Crippen LogP contribution in [0.1, 0.15) is 0 Å². The van der Waals surface area contributed by atoms with Gasteiger partial charge in [0.25, 0.3) is 5.56 Å². The van der Waals surface area contributed by atoms with E-state index in [-0.39, 0.29) is 5.56 Å². The quantitative estimate of drug-likeness (QED) is 0.639. The number of rotatable bonds is 1. The molecule has 3 aromatic heterocycles. The van der Waals surface area contributed by atoms with Gasteiger partial charge in [-0.3, -0.25) is 9.78 Å². The average molecular weight is 226 g/mol. The van der Waals surface area contributed by atoms with Crippen LogP contribution in [0.3, 0.4) is 0 Å². The lowest BCUT2D eigenvalue weighted by Crippen LogP contribution is -2.15. The van der Waals surface area contributed by atoms with Gasteiger partial charge >= 0.3 is 0 Å². The van der Waals surface area contributed by atoms with Gasteiger partial charge in [-0.25, -0.2) is 0 Å². The summed E-state index contributed by atoms with van der Waals surface area (Å²) in [5.74, 6) is 0. The molecule has 17 heavy (non-hydrogen) atoms. The van der Waals surface area contributed by atoms with E-state index in [1.807, 2.05) is 12.1 Å². The van der Waals surface area contributed by atoms with E-state index in [4.69, 9.17) is 4.42 Å². The van der Waals surface area contributed by atoms with E-state index in [9.17, 15) is 4.79 Å². The lowest BCUT2D eigenvalue weighted by atomic mass is 10.1. The van der Waals surface area contributed by atoms with Crippen LogP contribution in [-0.4, -0.2) is 9.55 Å². The van der Waals surface area contributed by atoms with Crippen molar-refractivity contribution in [3.63, 3.8) is 0 Å². The maximum Gasteiger partial charge on any atom is 0.293 e. The van der Waals surface area contributed by atoms with Gasteiger partial charge in [0.05, 0.1) is 6.26 Å². The molecule has 0 fully saturated rings. The lowest BCUT2D eigenvalue weighted by Gasteiger charge is -2.05. The number of furan rings is 1. The number of hydrogen-bond donors (Lipinski definition) is 0. The van der Waals surface area contributed by atoms with Crippen molar-refractivity contribution >= 4 is 11.0 Å². The minimum atomic E-state index is -0.127. The Hall–Kier alpha value is -2.36. The minimum Gasteiger partial charge on any atom is -0.458 e. The van der Waals surface area contributed by atoms with Crippen molar-refractivity contribution in [1.29, 1.82) is 0 Å². The van der Waals surface area contributed by atoms with Crippen LogP contribution < -0.4 is 5.56 Å². The van der Waals surface area contributed by atoms with Crippen molar-refractivity contribution in [1.82, 2.24) is 9.55 Å². The van der Waals surface area contributed by atoms with Crippen LogP contribution >= 0.6 is 0 Å². The zero-order valence-electron chi connectivity index (χ0n) is 9.25. The molecule has 4 nitrogen and oxygen atoms in total. The van der Waals surface area contributed by atoms with Crippen LogP contribution in [0.25, 0.3) is 22.1 Å². The van der Waals surface area contributed by atoms with Gasteiger partial charge in [0.2, 0.25) is 0 Å². The van der Waals surface area contributed by atoms with Gasteiger partial charge in [-0.2, -0.15) is 0 Å². The number of hydrogen-bond acceptors (Lipinski definition) is 3. The smallest absolute Gasteiger partial charge is 0.293 e. The summed E-state index contributed by atoms with van der Waals surface area (Å²) >= 11 is 0. The highest BCUT2D eigenvalue weighted by atomic mass is 16.3. The molecule has 0 aliphatic rings. The summed E-state index contributed by atoms with van der Waals surface area (Å²) in [6.45, 7) is 0. The Kier molecular flexibility index (Phi) is 2.08. The highest BCUT2D eigenvalue weighted by molar-refractivity contribution is 5.92. The second kappa shape index (κ2) is 3.59. The van der Waals surface area contributed by atoms with Crippen molar-refractivity contribution in [3.05, 3.63) is 53.4 Å². The molecule has 0 saturated carbocycles. The molecule has 0 amide bonds. The molecule has 0 aromatic carbocycles. The summed E-state index contributed by atoms with van der Waals surface area (Å²) in [5.41, 5.74) is 2.17.